The van der Waals surface area contributed by atoms with E-state index in [4.69, 9.17) is 22.1 Å². The summed E-state index contributed by atoms with van der Waals surface area (Å²) in [5, 5.41) is 8.63. The number of fused-ring (bicyclic) bond motifs is 3. The molecular weight excluding hydrogens is 847 g/mol. The largest absolute Gasteiger partial charge is 0.479 e. The van der Waals surface area contributed by atoms with Crippen molar-refractivity contribution in [3.8, 4) is 17.3 Å². The van der Waals surface area contributed by atoms with Crippen LogP contribution >= 0.6 is 11.6 Å². The van der Waals surface area contributed by atoms with Crippen molar-refractivity contribution in [3.63, 3.8) is 0 Å². The van der Waals surface area contributed by atoms with Crippen molar-refractivity contribution in [2.45, 2.75) is 43.8 Å². The van der Waals surface area contributed by atoms with Gasteiger partial charge in [-0.2, -0.15) is 29.6 Å². The Kier molecular flexibility index (Phi) is 9.51. The number of aromatic hydroxyl groups is 1. The van der Waals surface area contributed by atoms with Crippen LogP contribution in [0.25, 0.3) is 22.2 Å². The molecule has 1 aliphatic carbocycles. The number of halogens is 8. The predicted molar refractivity (Wildman–Crippen MR) is 143 cm³/mol. The molecule has 4 aliphatic rings. The second-order valence-electron chi connectivity index (χ2n) is 10.8. The first-order valence-electron chi connectivity index (χ1n) is 13.5. The molecule has 0 radical (unpaired) electrons. The smallest absolute Gasteiger partial charge is 0.418 e. The van der Waals surface area contributed by atoms with Gasteiger partial charge in [0.25, 0.3) is 0 Å². The molecule has 5 heterocycles. The second-order valence-corrected chi connectivity index (χ2v) is 11.2. The number of nitrogens with zero attached hydrogens (tertiary/aromatic N) is 5. The fourth-order valence-corrected chi connectivity index (χ4v) is 6.35. The van der Waals surface area contributed by atoms with Gasteiger partial charge in [0.2, 0.25) is 0 Å². The number of hydrogen-bond donors (Lipinski definition) is 2. The van der Waals surface area contributed by atoms with E-state index in [9.17, 15) is 31.4 Å². The van der Waals surface area contributed by atoms with Crippen molar-refractivity contribution in [1.29, 1.82) is 0 Å². The van der Waals surface area contributed by atoms with Crippen LogP contribution < -0.4 is 10.6 Å². The van der Waals surface area contributed by atoms with E-state index in [1.807, 2.05) is 0 Å². The number of benzene rings is 1. The quantitative estimate of drug-likeness (QED) is 0.199. The third-order valence-electron chi connectivity index (χ3n) is 8.09. The number of ether oxygens (including phenoxy) is 1. The van der Waals surface area contributed by atoms with Gasteiger partial charge in [-0.15, -0.1) is 6.42 Å². The maximum absolute atomic E-state index is 15.6. The molecule has 1 saturated carbocycles. The Bertz CT molecular complexity index is 1560. The maximum atomic E-state index is 15.6. The molecular formula is C27H25ClF7N6O2U-. The fraction of sp³-hybridized carbons (Fsp3) is 0.481. The zero-order chi connectivity index (χ0) is 30.8. The summed E-state index contributed by atoms with van der Waals surface area (Å²) < 4.78 is 103. The Balaban J connectivity index is 0.000000327. The van der Waals surface area contributed by atoms with Crippen molar-refractivity contribution in [2.75, 3.05) is 43.5 Å². The molecule has 7 rings (SSSR count). The van der Waals surface area contributed by atoms with Gasteiger partial charge in [-0.3, -0.25) is 4.98 Å². The maximum Gasteiger partial charge on any atom is 0.418 e. The minimum absolute atomic E-state index is 0. The number of rotatable bonds is 2. The minimum atomic E-state index is -5.17. The fourth-order valence-electron chi connectivity index (χ4n) is 6.03. The van der Waals surface area contributed by atoms with Crippen LogP contribution in [0.1, 0.15) is 24.8 Å². The van der Waals surface area contributed by atoms with Gasteiger partial charge in [0, 0.05) is 55.3 Å². The first-order chi connectivity index (χ1) is 20.4. The second kappa shape index (κ2) is 12.6. The molecule has 2 aromatic heterocycles. The molecule has 0 bridgehead atoms. The number of pyridine rings is 1. The predicted octanol–water partition coefficient (Wildman–Crippen LogP) is 5.46. The number of nitrogen functional groups attached to an aromatic ring is 1. The summed E-state index contributed by atoms with van der Waals surface area (Å²) in [7, 11) is 0. The Labute approximate surface area is 275 Å². The third-order valence-corrected chi connectivity index (χ3v) is 8.45. The van der Waals surface area contributed by atoms with E-state index >= 15 is 4.39 Å². The van der Waals surface area contributed by atoms with E-state index < -0.39 is 81.2 Å². The van der Waals surface area contributed by atoms with Crippen LogP contribution in [0, 0.1) is 54.7 Å². The van der Waals surface area contributed by atoms with Gasteiger partial charge in [0.15, 0.2) is 11.6 Å². The van der Waals surface area contributed by atoms with E-state index in [-0.39, 0.29) is 62.1 Å². The average molecular weight is 872 g/mol. The monoisotopic (exact) mass is 871 g/mol. The Morgan fingerprint density at radius 2 is 1.89 bits per heavy atom. The summed E-state index contributed by atoms with van der Waals surface area (Å²) in [6, 6.07) is 0.416. The summed E-state index contributed by atoms with van der Waals surface area (Å²) in [6.07, 6.45) is -2.84. The van der Waals surface area contributed by atoms with Crippen LogP contribution in [0.4, 0.5) is 42.2 Å². The Morgan fingerprint density at radius 3 is 2.59 bits per heavy atom. The van der Waals surface area contributed by atoms with E-state index in [1.165, 1.54) is 17.4 Å². The van der Waals surface area contributed by atoms with Gasteiger partial charge in [0.1, 0.15) is 23.2 Å². The van der Waals surface area contributed by atoms with Gasteiger partial charge in [-0.25, -0.2) is 23.6 Å². The van der Waals surface area contributed by atoms with E-state index in [0.717, 1.165) is 25.6 Å². The van der Waals surface area contributed by atoms with Crippen molar-refractivity contribution in [2.24, 2.45) is 5.92 Å². The Morgan fingerprint density at radius 1 is 1.14 bits per heavy atom. The molecule has 44 heavy (non-hydrogen) atoms. The molecule has 1 aromatic carbocycles. The number of alkyl halides is 5. The summed E-state index contributed by atoms with van der Waals surface area (Å²) in [6.45, 7) is 2.34. The summed E-state index contributed by atoms with van der Waals surface area (Å²) in [5.74, 6) is -3.36. The third kappa shape index (κ3) is 6.04. The Hall–Kier alpha value is -2.12. The first kappa shape index (κ1) is 33.3. The molecule has 4 atom stereocenters. The van der Waals surface area contributed by atoms with Crippen molar-refractivity contribution in [1.82, 2.24) is 19.9 Å². The molecule has 3 N–H and O–H groups in total. The molecule has 236 valence electrons. The van der Waals surface area contributed by atoms with E-state index in [0.29, 0.717) is 12.6 Å². The molecule has 3 saturated heterocycles. The van der Waals surface area contributed by atoms with Crippen LogP contribution in [0.3, 0.4) is 0 Å². The zero-order valence-electron chi connectivity index (χ0n) is 22.8. The summed E-state index contributed by atoms with van der Waals surface area (Å²) in [5.41, 5.74) is 0.654. The normalized spacial score (nSPS) is 25.1. The van der Waals surface area contributed by atoms with Crippen molar-refractivity contribution in [3.05, 3.63) is 40.5 Å². The van der Waals surface area contributed by atoms with E-state index in [1.54, 1.807) is 0 Å². The zero-order valence-corrected chi connectivity index (χ0v) is 27.7. The van der Waals surface area contributed by atoms with Crippen LogP contribution in [0.5, 0.6) is 6.01 Å². The van der Waals surface area contributed by atoms with Crippen molar-refractivity contribution < 1.29 is 71.7 Å². The van der Waals surface area contributed by atoms with Gasteiger partial charge < -0.3 is 25.4 Å². The first-order valence-corrected chi connectivity index (χ1v) is 13.9. The number of nitrogens with two attached hydrogens (primary N) is 1. The topological polar surface area (TPSA) is 101 Å². The average Bonchev–Trinajstić information content (AvgIpc) is 3.24. The van der Waals surface area contributed by atoms with Gasteiger partial charge in [0.05, 0.1) is 47.1 Å². The van der Waals surface area contributed by atoms with Gasteiger partial charge in [-0.05, 0) is 19.2 Å². The SMILES string of the molecule is F[C@@H]1C[C-]2CCCN2C1.Nc1cc(-c2ncc3c(N4CCOC[C@H]5[C@H](F)[C@H]54)nc(O)nc3c2F)c(C(F)(F)F)c(Cl)c1F.[U]. The van der Waals surface area contributed by atoms with Crippen LogP contribution in [0.15, 0.2) is 12.3 Å². The molecule has 17 heteroatoms. The molecule has 3 aromatic rings. The van der Waals surface area contributed by atoms with Crippen LogP contribution in [-0.2, 0) is 10.9 Å². The van der Waals surface area contributed by atoms with Crippen LogP contribution in [0.2, 0.25) is 5.02 Å². The molecule has 8 nitrogen and oxygen atoms in total. The number of aromatic nitrogens is 3. The molecule has 0 amide bonds. The molecule has 0 unspecified atom stereocenters. The van der Waals surface area contributed by atoms with Gasteiger partial charge in [-0.1, -0.05) is 18.0 Å². The number of hydrogen-bond acceptors (Lipinski definition) is 8. The van der Waals surface area contributed by atoms with Gasteiger partial charge >= 0.3 is 12.2 Å². The molecule has 0 spiro atoms. The number of anilines is 2. The van der Waals surface area contributed by atoms with E-state index in [2.05, 4.69) is 19.9 Å². The van der Waals surface area contributed by atoms with Crippen molar-refractivity contribution >= 4 is 34.0 Å². The minimum Gasteiger partial charge on any atom is -0.479 e. The molecule has 4 fully saturated rings. The standard InChI is InChI=1S/C20H14ClF6N5O2.C7H11FN.U/c21-11-10(20(25,26)27)6(3-9(28)13(11)23)15-14(24)16-7(4-29-15)18(31-19(33)30-16)32-1-2-34-5-8-12(22)17(8)32;8-6-4-7-2-1-3-9(7)5-6;/h3-4,8,12,17H,1-2,5,28H2,(H,30,31,33);6H,1-5H2;/q;-1;/t8-,12-,17-;6-;/m01./s1. The summed E-state index contributed by atoms with van der Waals surface area (Å²) >= 11 is 5.57. The molecule has 3 aliphatic heterocycles. The summed E-state index contributed by atoms with van der Waals surface area (Å²) in [4.78, 5) is 15.0. The van der Waals surface area contributed by atoms with Crippen LogP contribution in [-0.4, -0.2) is 76.2 Å².